The van der Waals surface area contributed by atoms with Crippen LogP contribution in [0.1, 0.15) is 123 Å². The quantitative estimate of drug-likeness (QED) is 0.0225. The molecule has 0 aromatic rings. The number of ether oxygens (including phenoxy) is 4. The lowest BCUT2D eigenvalue weighted by molar-refractivity contribution is -0.870. The van der Waals surface area contributed by atoms with E-state index in [2.05, 4.69) is 74.6 Å². The minimum absolute atomic E-state index is 0.138. The number of nitrogens with zero attached hydrogens (tertiary/aromatic N) is 1. The molecule has 9 heteroatoms. The third-order valence-electron chi connectivity index (χ3n) is 7.53. The van der Waals surface area contributed by atoms with Gasteiger partial charge < -0.3 is 33.3 Å². The summed E-state index contributed by atoms with van der Waals surface area (Å²) in [6.45, 7) is 4.47. The van der Waals surface area contributed by atoms with E-state index < -0.39 is 24.3 Å². The molecule has 9 nitrogen and oxygen atoms in total. The molecule has 0 N–H and O–H groups in total. The Bertz CT molecular complexity index is 1010. The van der Waals surface area contributed by atoms with Crippen LogP contribution in [0.2, 0.25) is 0 Å². The number of rotatable bonds is 33. The molecule has 0 spiro atoms. The molecule has 0 aromatic carbocycles. The van der Waals surface area contributed by atoms with Gasteiger partial charge in [-0.15, -0.1) is 0 Å². The number of quaternary nitrogens is 1. The number of aliphatic carboxylic acids is 1. The lowest BCUT2D eigenvalue weighted by Gasteiger charge is -2.26. The lowest BCUT2D eigenvalue weighted by atomic mass is 10.1. The van der Waals surface area contributed by atoms with Crippen molar-refractivity contribution in [2.45, 2.75) is 135 Å². The molecular weight excluding hydrogens is 634 g/mol. The second-order valence-electron chi connectivity index (χ2n) is 13.5. The number of unbranched alkanes of at least 4 members (excludes halogenated alkanes) is 8. The molecule has 0 amide bonds. The van der Waals surface area contributed by atoms with Crippen molar-refractivity contribution in [2.24, 2.45) is 0 Å². The predicted molar refractivity (Wildman–Crippen MR) is 200 cm³/mol. The topological polar surface area (TPSA) is 111 Å². The Balaban J connectivity index is 4.52. The number of esters is 2. The second-order valence-corrected chi connectivity index (χ2v) is 13.5. The predicted octanol–water partition coefficient (Wildman–Crippen LogP) is 7.71. The largest absolute Gasteiger partial charge is 0.545 e. The van der Waals surface area contributed by atoms with E-state index in [1.54, 1.807) is 0 Å². The number of carbonyl (C=O) groups excluding carboxylic acids is 3. The van der Waals surface area contributed by atoms with Crippen molar-refractivity contribution in [1.82, 2.24) is 0 Å². The van der Waals surface area contributed by atoms with E-state index in [1.807, 2.05) is 21.1 Å². The van der Waals surface area contributed by atoms with E-state index in [9.17, 15) is 19.5 Å². The fourth-order valence-corrected chi connectivity index (χ4v) is 4.56. The minimum Gasteiger partial charge on any atom is -0.545 e. The third kappa shape index (κ3) is 33.5. The first-order chi connectivity index (χ1) is 24.1. The first-order valence-corrected chi connectivity index (χ1v) is 18.9. The molecule has 286 valence electrons. The summed E-state index contributed by atoms with van der Waals surface area (Å²) >= 11 is 0. The molecule has 0 fully saturated rings. The molecule has 0 aliphatic heterocycles. The summed E-state index contributed by atoms with van der Waals surface area (Å²) in [5.41, 5.74) is 0. The van der Waals surface area contributed by atoms with Gasteiger partial charge in [-0.2, -0.15) is 0 Å². The Morgan fingerprint density at radius 1 is 0.620 bits per heavy atom. The highest BCUT2D eigenvalue weighted by Gasteiger charge is 2.21. The van der Waals surface area contributed by atoms with Crippen LogP contribution in [0, 0.1) is 0 Å². The zero-order valence-electron chi connectivity index (χ0n) is 32.0. The molecule has 0 aliphatic carbocycles. The van der Waals surface area contributed by atoms with Crippen LogP contribution >= 0.6 is 0 Å². The van der Waals surface area contributed by atoms with Crippen LogP contribution in [0.15, 0.2) is 60.8 Å². The molecule has 0 rings (SSSR count). The van der Waals surface area contributed by atoms with Gasteiger partial charge >= 0.3 is 11.9 Å². The maximum absolute atomic E-state index is 12.6. The molecule has 0 aliphatic rings. The van der Waals surface area contributed by atoms with Crippen molar-refractivity contribution in [3.63, 3.8) is 0 Å². The first kappa shape index (κ1) is 47.0. The van der Waals surface area contributed by atoms with E-state index in [-0.39, 0.29) is 38.6 Å². The van der Waals surface area contributed by atoms with E-state index in [4.69, 9.17) is 18.9 Å². The molecule has 2 atom stereocenters. The Kier molecular flexibility index (Phi) is 31.2. The van der Waals surface area contributed by atoms with E-state index in [0.717, 1.165) is 83.5 Å². The Morgan fingerprint density at radius 2 is 1.14 bits per heavy atom. The molecule has 50 heavy (non-hydrogen) atoms. The molecule has 0 aromatic heterocycles. The van der Waals surface area contributed by atoms with Crippen molar-refractivity contribution >= 4 is 17.9 Å². The van der Waals surface area contributed by atoms with E-state index >= 15 is 0 Å². The van der Waals surface area contributed by atoms with Gasteiger partial charge in [-0.25, -0.2) is 0 Å². The molecule has 2 unspecified atom stereocenters. The van der Waals surface area contributed by atoms with Gasteiger partial charge in [0.15, 0.2) is 12.4 Å². The van der Waals surface area contributed by atoms with Gasteiger partial charge in [-0.05, 0) is 57.8 Å². The van der Waals surface area contributed by atoms with E-state index in [1.165, 1.54) is 6.42 Å². The normalized spacial score (nSPS) is 13.7. The van der Waals surface area contributed by atoms with Gasteiger partial charge in [0.1, 0.15) is 13.2 Å². The van der Waals surface area contributed by atoms with Crippen molar-refractivity contribution < 1.29 is 42.9 Å². The van der Waals surface area contributed by atoms with Crippen molar-refractivity contribution in [3.05, 3.63) is 60.8 Å². The van der Waals surface area contributed by atoms with Crippen LogP contribution in [0.25, 0.3) is 0 Å². The SMILES string of the molecule is CC/C=C\C/C=C\C/C=C\C/C=C\C/C=C\CCCCCC(=O)OC(COC(=O)CCCCCCCC)COC(OCC[N+](C)(C)C)C(=O)[O-]. The van der Waals surface area contributed by atoms with Gasteiger partial charge in [0.25, 0.3) is 0 Å². The molecule has 0 radical (unpaired) electrons. The molecule has 0 heterocycles. The van der Waals surface area contributed by atoms with E-state index in [0.29, 0.717) is 17.4 Å². The Morgan fingerprint density at radius 3 is 1.70 bits per heavy atom. The van der Waals surface area contributed by atoms with Crippen LogP contribution in [0.3, 0.4) is 0 Å². The Hall–Kier alpha value is -3.01. The number of hydrogen-bond acceptors (Lipinski definition) is 8. The number of carboxylic acids is 1. The highest BCUT2D eigenvalue weighted by atomic mass is 16.7. The number of carboxylic acid groups (broad SMARTS) is 1. The number of allylic oxidation sites excluding steroid dienone is 10. The average Bonchev–Trinajstić information content (AvgIpc) is 3.06. The van der Waals surface area contributed by atoms with Crippen LogP contribution < -0.4 is 5.11 Å². The second kappa shape index (κ2) is 33.2. The molecule has 0 saturated carbocycles. The minimum atomic E-state index is -1.63. The van der Waals surface area contributed by atoms with Crippen molar-refractivity contribution in [1.29, 1.82) is 0 Å². The standard InChI is InChI=1S/C41H69NO8/c1-6-8-10-12-14-15-16-17-18-19-20-21-22-23-24-25-26-28-30-32-39(44)50-37(35-48-38(43)31-29-27-13-11-9-7-2)36-49-41(40(45)46)47-34-33-42(3,4)5/h8,10,14-15,17-18,20-21,23-24,37,41H,6-7,9,11-13,16,19,22,25-36H2,1-5H3/b10-8-,15-14-,18-17-,21-20-,24-23-. The van der Waals surface area contributed by atoms with Gasteiger partial charge in [0, 0.05) is 12.8 Å². The third-order valence-corrected chi connectivity index (χ3v) is 7.53. The highest BCUT2D eigenvalue weighted by molar-refractivity contribution is 5.70. The smallest absolute Gasteiger partial charge is 0.306 e. The van der Waals surface area contributed by atoms with Crippen LogP contribution in [-0.4, -0.2) is 82.3 Å². The maximum Gasteiger partial charge on any atom is 0.306 e. The Labute approximate surface area is 304 Å². The summed E-state index contributed by atoms with van der Waals surface area (Å²) in [6, 6.07) is 0. The summed E-state index contributed by atoms with van der Waals surface area (Å²) in [5.74, 6) is -2.35. The molecule has 0 bridgehead atoms. The van der Waals surface area contributed by atoms with Gasteiger partial charge in [0.2, 0.25) is 0 Å². The van der Waals surface area contributed by atoms with Crippen LogP contribution in [0.5, 0.6) is 0 Å². The summed E-state index contributed by atoms with van der Waals surface area (Å²) in [4.78, 5) is 36.5. The van der Waals surface area contributed by atoms with Gasteiger partial charge in [0.05, 0.1) is 40.3 Å². The lowest BCUT2D eigenvalue weighted by Crippen LogP contribution is -2.44. The van der Waals surface area contributed by atoms with Crippen LogP contribution in [-0.2, 0) is 33.3 Å². The monoisotopic (exact) mass is 704 g/mol. The van der Waals surface area contributed by atoms with Gasteiger partial charge in [-0.1, -0.05) is 113 Å². The van der Waals surface area contributed by atoms with Crippen molar-refractivity contribution in [2.75, 3.05) is 47.5 Å². The number of carbonyl (C=O) groups is 3. The summed E-state index contributed by atoms with van der Waals surface area (Å²) in [6.07, 6.45) is 34.3. The number of likely N-dealkylation sites (N-methyl/N-ethyl adjacent to an activating group) is 1. The number of hydrogen-bond donors (Lipinski definition) is 0. The maximum atomic E-state index is 12.6. The summed E-state index contributed by atoms with van der Waals surface area (Å²) in [5, 5.41) is 11.6. The summed E-state index contributed by atoms with van der Waals surface area (Å²) in [7, 11) is 5.87. The van der Waals surface area contributed by atoms with Crippen molar-refractivity contribution in [3.8, 4) is 0 Å². The zero-order chi connectivity index (χ0) is 37.1. The fraction of sp³-hybridized carbons (Fsp3) is 0.683. The zero-order valence-corrected chi connectivity index (χ0v) is 32.0. The van der Waals surface area contributed by atoms with Gasteiger partial charge in [-0.3, -0.25) is 9.59 Å². The molecule has 0 saturated heterocycles. The summed E-state index contributed by atoms with van der Waals surface area (Å²) < 4.78 is 22.3. The molecular formula is C41H69NO8. The fourth-order valence-electron chi connectivity index (χ4n) is 4.56. The highest BCUT2D eigenvalue weighted by Crippen LogP contribution is 2.11. The van der Waals surface area contributed by atoms with Crippen LogP contribution in [0.4, 0.5) is 0 Å². The first-order valence-electron chi connectivity index (χ1n) is 18.9. The average molecular weight is 704 g/mol.